The van der Waals surface area contributed by atoms with E-state index in [1.165, 1.54) is 18.5 Å². The zero-order valence-corrected chi connectivity index (χ0v) is 11.0. The Morgan fingerprint density at radius 3 is 2.81 bits per heavy atom. The van der Waals surface area contributed by atoms with Crippen LogP contribution < -0.4 is 5.32 Å². The number of hydrogen-bond donors (Lipinski definition) is 2. The number of benzene rings is 1. The molecule has 0 aliphatic heterocycles. The largest absolute Gasteiger partial charge is 0.505 e. The summed E-state index contributed by atoms with van der Waals surface area (Å²) in [6, 6.07) is 4.34. The fourth-order valence-corrected chi connectivity index (χ4v) is 1.96. The lowest BCUT2D eigenvalue weighted by molar-refractivity contribution is 0.432. The van der Waals surface area contributed by atoms with Crippen LogP contribution in [0.25, 0.3) is 11.2 Å². The van der Waals surface area contributed by atoms with Crippen molar-refractivity contribution in [2.24, 2.45) is 0 Å². The van der Waals surface area contributed by atoms with E-state index in [0.717, 1.165) is 5.56 Å². The van der Waals surface area contributed by atoms with Gasteiger partial charge in [-0.05, 0) is 24.1 Å². The molecule has 0 fully saturated rings. The molecule has 0 saturated carbocycles. The maximum absolute atomic E-state index is 13.2. The highest BCUT2D eigenvalue weighted by atomic mass is 19.1. The van der Waals surface area contributed by atoms with Crippen molar-refractivity contribution in [2.75, 3.05) is 11.9 Å². The maximum Gasteiger partial charge on any atom is 0.183 e. The minimum absolute atomic E-state index is 0.344. The van der Waals surface area contributed by atoms with Crippen molar-refractivity contribution in [1.29, 1.82) is 0 Å². The molecule has 0 radical (unpaired) electrons. The number of nitrogens with one attached hydrogen (secondary N) is 1. The van der Waals surface area contributed by atoms with Gasteiger partial charge in [-0.1, -0.05) is 6.07 Å². The average molecular weight is 285 g/mol. The Morgan fingerprint density at radius 1 is 1.10 bits per heavy atom. The van der Waals surface area contributed by atoms with Gasteiger partial charge in [-0.25, -0.2) is 24.3 Å². The number of rotatable bonds is 4. The first-order valence-electron chi connectivity index (χ1n) is 6.37. The molecular weight excluding hydrogens is 273 g/mol. The second-order valence-electron chi connectivity index (χ2n) is 4.41. The van der Waals surface area contributed by atoms with Crippen LogP contribution in [-0.4, -0.2) is 31.6 Å². The molecule has 1 aromatic carbocycles. The van der Waals surface area contributed by atoms with E-state index in [4.69, 9.17) is 5.11 Å². The van der Waals surface area contributed by atoms with Crippen molar-refractivity contribution in [2.45, 2.75) is 6.42 Å². The van der Waals surface area contributed by atoms with E-state index < -0.39 is 5.82 Å². The third-order valence-electron chi connectivity index (χ3n) is 2.99. The summed E-state index contributed by atoms with van der Waals surface area (Å²) < 4.78 is 13.2. The maximum atomic E-state index is 13.2. The van der Waals surface area contributed by atoms with Crippen LogP contribution >= 0.6 is 0 Å². The highest BCUT2D eigenvalue weighted by molar-refractivity contribution is 5.81. The highest BCUT2D eigenvalue weighted by Crippen LogP contribution is 2.17. The summed E-state index contributed by atoms with van der Waals surface area (Å²) in [6.45, 7) is 0.549. The molecular formula is C14H12FN5O. The number of phenolic OH excluding ortho intramolecular Hbond substituents is 1. The van der Waals surface area contributed by atoms with Gasteiger partial charge in [0.05, 0.1) is 0 Å². The molecule has 0 saturated heterocycles. The number of fused-ring (bicyclic) bond motifs is 1. The van der Waals surface area contributed by atoms with Crippen LogP contribution in [0.1, 0.15) is 5.56 Å². The number of aromatic nitrogens is 4. The lowest BCUT2D eigenvalue weighted by Gasteiger charge is -2.07. The van der Waals surface area contributed by atoms with Gasteiger partial charge in [0.15, 0.2) is 23.0 Å². The summed E-state index contributed by atoms with van der Waals surface area (Å²) in [4.78, 5) is 16.4. The van der Waals surface area contributed by atoms with Gasteiger partial charge >= 0.3 is 0 Å². The van der Waals surface area contributed by atoms with Gasteiger partial charge in [0.25, 0.3) is 0 Å². The lowest BCUT2D eigenvalue weighted by atomic mass is 10.1. The first kappa shape index (κ1) is 13.2. The third kappa shape index (κ3) is 2.86. The van der Waals surface area contributed by atoms with Gasteiger partial charge in [-0.2, -0.15) is 0 Å². The van der Waals surface area contributed by atoms with Crippen LogP contribution in [0.15, 0.2) is 36.9 Å². The third-order valence-corrected chi connectivity index (χ3v) is 2.99. The van der Waals surface area contributed by atoms with Crippen molar-refractivity contribution in [3.8, 4) is 5.75 Å². The number of hydrogen-bond acceptors (Lipinski definition) is 6. The summed E-state index contributed by atoms with van der Waals surface area (Å²) in [5, 5.41) is 12.3. The highest BCUT2D eigenvalue weighted by Gasteiger charge is 2.05. The molecule has 7 heteroatoms. The molecule has 2 aromatic heterocycles. The van der Waals surface area contributed by atoms with Crippen molar-refractivity contribution in [1.82, 2.24) is 19.9 Å². The van der Waals surface area contributed by atoms with E-state index in [-0.39, 0.29) is 5.75 Å². The normalized spacial score (nSPS) is 10.7. The Balaban J connectivity index is 1.70. The fourth-order valence-electron chi connectivity index (χ4n) is 1.96. The van der Waals surface area contributed by atoms with Gasteiger partial charge in [-0.15, -0.1) is 0 Å². The second kappa shape index (κ2) is 5.66. The molecule has 6 nitrogen and oxygen atoms in total. The second-order valence-corrected chi connectivity index (χ2v) is 4.41. The predicted octanol–water partition coefficient (Wildman–Crippen LogP) is 1.92. The van der Waals surface area contributed by atoms with E-state index in [2.05, 4.69) is 25.3 Å². The smallest absolute Gasteiger partial charge is 0.183 e. The summed E-state index contributed by atoms with van der Waals surface area (Å²) in [5.41, 5.74) is 1.89. The quantitative estimate of drug-likeness (QED) is 0.762. The van der Waals surface area contributed by atoms with Crippen molar-refractivity contribution in [3.63, 3.8) is 0 Å². The Labute approximate surface area is 119 Å². The SMILES string of the molecule is Oc1ccc(CCNc2ncnc3nccnc23)cc1F. The molecule has 106 valence electrons. The first-order chi connectivity index (χ1) is 10.2. The van der Waals surface area contributed by atoms with Crippen molar-refractivity contribution in [3.05, 3.63) is 48.3 Å². The topological polar surface area (TPSA) is 83.8 Å². The molecule has 0 aliphatic carbocycles. The molecule has 3 aromatic rings. The van der Waals surface area contributed by atoms with Crippen LogP contribution in [0, 0.1) is 5.82 Å². The first-order valence-corrected chi connectivity index (χ1v) is 6.37. The number of anilines is 1. The van der Waals surface area contributed by atoms with Crippen molar-refractivity contribution < 1.29 is 9.50 Å². The minimum atomic E-state index is -0.620. The van der Waals surface area contributed by atoms with Gasteiger partial charge < -0.3 is 10.4 Å². The molecule has 0 amide bonds. The molecule has 0 unspecified atom stereocenters. The van der Waals surface area contributed by atoms with Gasteiger partial charge in [0.2, 0.25) is 0 Å². The summed E-state index contributed by atoms with van der Waals surface area (Å²) in [5.74, 6) is -0.373. The number of nitrogens with zero attached hydrogens (tertiary/aromatic N) is 4. The summed E-state index contributed by atoms with van der Waals surface area (Å²) >= 11 is 0. The van der Waals surface area contributed by atoms with E-state index >= 15 is 0 Å². The Kier molecular flexibility index (Phi) is 3.55. The van der Waals surface area contributed by atoms with Gasteiger partial charge in [0, 0.05) is 18.9 Å². The number of phenols is 1. The van der Waals surface area contributed by atoms with Crippen molar-refractivity contribution >= 4 is 17.0 Å². The Morgan fingerprint density at radius 2 is 1.95 bits per heavy atom. The molecule has 3 rings (SSSR count). The average Bonchev–Trinajstić information content (AvgIpc) is 2.51. The van der Waals surface area contributed by atoms with E-state index in [1.807, 2.05) is 0 Å². The van der Waals surface area contributed by atoms with Gasteiger partial charge in [0.1, 0.15) is 11.8 Å². The Hall–Kier alpha value is -2.83. The molecule has 21 heavy (non-hydrogen) atoms. The van der Waals surface area contributed by atoms with E-state index in [0.29, 0.717) is 29.9 Å². The van der Waals surface area contributed by atoms with Crippen LogP contribution in [0.3, 0.4) is 0 Å². The van der Waals surface area contributed by atoms with Crippen LogP contribution in [-0.2, 0) is 6.42 Å². The predicted molar refractivity (Wildman–Crippen MR) is 75.4 cm³/mol. The van der Waals surface area contributed by atoms with Crippen LogP contribution in [0.4, 0.5) is 10.2 Å². The number of halogens is 1. The zero-order chi connectivity index (χ0) is 14.7. The molecule has 0 atom stereocenters. The Bertz CT molecular complexity index is 775. The molecule has 0 bridgehead atoms. The molecule has 2 N–H and O–H groups in total. The fraction of sp³-hybridized carbons (Fsp3) is 0.143. The molecule has 0 aliphatic rings. The minimum Gasteiger partial charge on any atom is -0.505 e. The summed E-state index contributed by atoms with van der Waals surface area (Å²) in [7, 11) is 0. The standard InChI is InChI=1S/C14H12FN5O/c15-10-7-9(1-2-11(10)21)3-4-17-13-12-14(20-8-19-13)18-6-5-16-12/h1-2,5-8,21H,3-4H2,(H,17,18,19,20). The van der Waals surface area contributed by atoms with Crippen LogP contribution in [0.2, 0.25) is 0 Å². The monoisotopic (exact) mass is 285 g/mol. The van der Waals surface area contributed by atoms with Crippen LogP contribution in [0.5, 0.6) is 5.75 Å². The molecule has 0 spiro atoms. The lowest BCUT2D eigenvalue weighted by Crippen LogP contribution is -2.08. The number of aromatic hydroxyl groups is 1. The van der Waals surface area contributed by atoms with E-state index in [9.17, 15) is 4.39 Å². The van der Waals surface area contributed by atoms with Gasteiger partial charge in [-0.3, -0.25) is 0 Å². The van der Waals surface area contributed by atoms with E-state index in [1.54, 1.807) is 18.5 Å². The zero-order valence-electron chi connectivity index (χ0n) is 11.0. The molecule has 2 heterocycles. The summed E-state index contributed by atoms with van der Waals surface area (Å²) in [6.07, 6.45) is 5.15.